The molecular formula is C32H55NO5. The van der Waals surface area contributed by atoms with E-state index >= 15 is 0 Å². The largest absolute Gasteiger partial charge is 0.459 e. The van der Waals surface area contributed by atoms with Crippen LogP contribution in [-0.2, 0) is 9.47 Å². The molecule has 0 bridgehead atoms. The Morgan fingerprint density at radius 2 is 1.29 bits per heavy atom. The van der Waals surface area contributed by atoms with Crippen molar-refractivity contribution in [1.82, 2.24) is 5.32 Å². The van der Waals surface area contributed by atoms with Crippen LogP contribution in [0, 0.1) is 5.92 Å². The number of rotatable bonds is 24. The lowest BCUT2D eigenvalue weighted by Crippen LogP contribution is -2.29. The number of aliphatic hydroxyl groups is 1. The van der Waals surface area contributed by atoms with E-state index in [0.717, 1.165) is 12.8 Å². The van der Waals surface area contributed by atoms with Crippen molar-refractivity contribution in [3.63, 3.8) is 0 Å². The molecule has 218 valence electrons. The van der Waals surface area contributed by atoms with Gasteiger partial charge in [0, 0.05) is 19.1 Å². The van der Waals surface area contributed by atoms with Gasteiger partial charge >= 0.3 is 12.1 Å². The van der Waals surface area contributed by atoms with E-state index in [1.165, 1.54) is 89.9 Å². The van der Waals surface area contributed by atoms with Crippen LogP contribution in [0.15, 0.2) is 30.3 Å². The number of aliphatic hydroxyl groups excluding tert-OH is 1. The molecule has 6 heteroatoms. The fourth-order valence-corrected chi connectivity index (χ4v) is 4.65. The van der Waals surface area contributed by atoms with Crippen LogP contribution in [0.25, 0.3) is 0 Å². The molecule has 0 aliphatic carbocycles. The summed E-state index contributed by atoms with van der Waals surface area (Å²) in [5, 5.41) is 12.4. The van der Waals surface area contributed by atoms with Gasteiger partial charge in [0.05, 0.1) is 18.3 Å². The van der Waals surface area contributed by atoms with Gasteiger partial charge in [-0.05, 0) is 31.9 Å². The molecule has 2 unspecified atom stereocenters. The second-order valence-corrected chi connectivity index (χ2v) is 10.7. The highest BCUT2D eigenvalue weighted by molar-refractivity contribution is 5.89. The number of esters is 1. The van der Waals surface area contributed by atoms with Crippen LogP contribution in [0.3, 0.4) is 0 Å². The minimum atomic E-state index is -0.460. The summed E-state index contributed by atoms with van der Waals surface area (Å²) in [7, 11) is 0. The number of benzene rings is 1. The number of carbonyl (C=O) groups excluding carboxylic acids is 2. The molecule has 1 aromatic rings. The fraction of sp³-hybridized carbons (Fsp3) is 0.750. The predicted octanol–water partition coefficient (Wildman–Crippen LogP) is 8.22. The Bertz CT molecular complexity index is 696. The molecule has 1 amide bonds. The zero-order valence-electron chi connectivity index (χ0n) is 24.3. The number of alkyl carbamates (subject to hydrolysis) is 1. The van der Waals surface area contributed by atoms with E-state index in [1.807, 2.05) is 6.07 Å². The molecule has 0 aliphatic heterocycles. The summed E-state index contributed by atoms with van der Waals surface area (Å²) >= 11 is 0. The summed E-state index contributed by atoms with van der Waals surface area (Å²) in [6.45, 7) is 4.61. The summed E-state index contributed by atoms with van der Waals surface area (Å²) in [5.41, 5.74) is 0.490. The number of hydrogen-bond donors (Lipinski definition) is 2. The van der Waals surface area contributed by atoms with E-state index < -0.39 is 18.2 Å². The van der Waals surface area contributed by atoms with Crippen molar-refractivity contribution in [2.24, 2.45) is 5.92 Å². The monoisotopic (exact) mass is 533 g/mol. The Hall–Kier alpha value is -2.08. The van der Waals surface area contributed by atoms with E-state index in [9.17, 15) is 14.7 Å². The molecule has 0 saturated carbocycles. The minimum Gasteiger partial charge on any atom is -0.459 e. The topological polar surface area (TPSA) is 84.9 Å². The first-order chi connectivity index (χ1) is 18.6. The molecule has 0 heterocycles. The van der Waals surface area contributed by atoms with E-state index in [-0.39, 0.29) is 19.1 Å². The van der Waals surface area contributed by atoms with Crippen LogP contribution in [0.1, 0.15) is 133 Å². The molecule has 0 fully saturated rings. The SMILES string of the molecule is CCCCCCCCCCCCCCCCCCNC(=O)OCC(CO)CC(C)OC(=O)c1ccccc1. The van der Waals surface area contributed by atoms with Gasteiger partial charge in [0.15, 0.2) is 0 Å². The molecule has 0 radical (unpaired) electrons. The van der Waals surface area contributed by atoms with Gasteiger partial charge in [0.2, 0.25) is 0 Å². The number of hydrogen-bond acceptors (Lipinski definition) is 5. The molecule has 1 aromatic carbocycles. The molecule has 0 aliphatic rings. The van der Waals surface area contributed by atoms with Gasteiger partial charge < -0.3 is 19.9 Å². The summed E-state index contributed by atoms with van der Waals surface area (Å²) in [4.78, 5) is 24.1. The Labute approximate surface area is 232 Å². The number of nitrogens with one attached hydrogen (secondary N) is 1. The summed E-state index contributed by atoms with van der Waals surface area (Å²) in [6, 6.07) is 8.80. The van der Waals surface area contributed by atoms with Crippen molar-refractivity contribution in [3.8, 4) is 0 Å². The highest BCUT2D eigenvalue weighted by Crippen LogP contribution is 2.14. The first-order valence-corrected chi connectivity index (χ1v) is 15.3. The van der Waals surface area contributed by atoms with Gasteiger partial charge in [0.25, 0.3) is 0 Å². The fourth-order valence-electron chi connectivity index (χ4n) is 4.65. The van der Waals surface area contributed by atoms with Crippen LogP contribution in [0.4, 0.5) is 4.79 Å². The average Bonchev–Trinajstić information content (AvgIpc) is 2.93. The average molecular weight is 534 g/mol. The molecule has 1 rings (SSSR count). The van der Waals surface area contributed by atoms with E-state index in [4.69, 9.17) is 9.47 Å². The first kappa shape index (κ1) is 33.9. The highest BCUT2D eigenvalue weighted by atomic mass is 16.6. The second-order valence-electron chi connectivity index (χ2n) is 10.7. The highest BCUT2D eigenvalue weighted by Gasteiger charge is 2.18. The van der Waals surface area contributed by atoms with Crippen LogP contribution >= 0.6 is 0 Å². The summed E-state index contributed by atoms with van der Waals surface area (Å²) in [6.07, 6.45) is 20.7. The third-order valence-corrected chi connectivity index (χ3v) is 6.99. The lowest BCUT2D eigenvalue weighted by molar-refractivity contribution is 0.0199. The Balaban J connectivity index is 1.93. The summed E-state index contributed by atoms with van der Waals surface area (Å²) < 4.78 is 10.7. The number of carbonyl (C=O) groups is 2. The number of unbranched alkanes of at least 4 members (excludes halogenated alkanes) is 15. The second kappa shape index (κ2) is 24.0. The molecule has 0 spiro atoms. The van der Waals surface area contributed by atoms with Gasteiger partial charge in [-0.25, -0.2) is 9.59 Å². The lowest BCUT2D eigenvalue weighted by atomic mass is 10.0. The van der Waals surface area contributed by atoms with Crippen molar-refractivity contribution >= 4 is 12.1 Å². The smallest absolute Gasteiger partial charge is 0.407 e. The number of ether oxygens (including phenoxy) is 2. The predicted molar refractivity (Wildman–Crippen MR) is 155 cm³/mol. The Morgan fingerprint density at radius 3 is 1.79 bits per heavy atom. The van der Waals surface area contributed by atoms with Crippen LogP contribution < -0.4 is 5.32 Å². The van der Waals surface area contributed by atoms with Gasteiger partial charge in [-0.1, -0.05) is 121 Å². The Morgan fingerprint density at radius 1 is 0.789 bits per heavy atom. The number of amides is 1. The maximum atomic E-state index is 12.1. The first-order valence-electron chi connectivity index (χ1n) is 15.3. The van der Waals surface area contributed by atoms with Gasteiger partial charge in [-0.15, -0.1) is 0 Å². The van der Waals surface area contributed by atoms with Gasteiger partial charge in [-0.2, -0.15) is 0 Å². The molecular weight excluding hydrogens is 478 g/mol. The van der Waals surface area contributed by atoms with Crippen LogP contribution in [0.2, 0.25) is 0 Å². The quantitative estimate of drug-likeness (QED) is 0.103. The molecule has 2 atom stereocenters. The third-order valence-electron chi connectivity index (χ3n) is 6.99. The minimum absolute atomic E-state index is 0.0918. The van der Waals surface area contributed by atoms with Crippen molar-refractivity contribution in [2.75, 3.05) is 19.8 Å². The lowest BCUT2D eigenvalue weighted by Gasteiger charge is -2.19. The van der Waals surface area contributed by atoms with E-state index in [2.05, 4.69) is 12.2 Å². The maximum absolute atomic E-state index is 12.1. The van der Waals surface area contributed by atoms with Crippen molar-refractivity contribution in [2.45, 2.75) is 129 Å². The molecule has 2 N–H and O–H groups in total. The third kappa shape index (κ3) is 19.1. The van der Waals surface area contributed by atoms with Crippen molar-refractivity contribution < 1.29 is 24.2 Å². The summed E-state index contributed by atoms with van der Waals surface area (Å²) in [5.74, 6) is -0.679. The standard InChI is InChI=1S/C32H55NO5/c1-3-4-5-6-7-8-9-10-11-12-13-14-15-16-17-21-24-33-32(36)37-27-29(26-34)25-28(2)38-31(35)30-22-19-18-20-23-30/h18-20,22-23,28-29,34H,3-17,21,24-27H2,1-2H3,(H,33,36). The zero-order valence-corrected chi connectivity index (χ0v) is 24.3. The van der Waals surface area contributed by atoms with Crippen molar-refractivity contribution in [1.29, 1.82) is 0 Å². The normalized spacial score (nSPS) is 12.6. The van der Waals surface area contributed by atoms with E-state index in [1.54, 1.807) is 31.2 Å². The molecule has 0 aromatic heterocycles. The van der Waals surface area contributed by atoms with Gasteiger partial charge in [-0.3, -0.25) is 0 Å². The van der Waals surface area contributed by atoms with Gasteiger partial charge in [0.1, 0.15) is 0 Å². The zero-order chi connectivity index (χ0) is 27.7. The molecule has 0 saturated heterocycles. The van der Waals surface area contributed by atoms with Crippen molar-refractivity contribution in [3.05, 3.63) is 35.9 Å². The molecule has 6 nitrogen and oxygen atoms in total. The van der Waals surface area contributed by atoms with Crippen LogP contribution in [-0.4, -0.2) is 43.0 Å². The Kier molecular flexibility index (Phi) is 21.4. The van der Waals surface area contributed by atoms with Crippen LogP contribution in [0.5, 0.6) is 0 Å². The molecule has 38 heavy (non-hydrogen) atoms. The maximum Gasteiger partial charge on any atom is 0.407 e. The van der Waals surface area contributed by atoms with E-state index in [0.29, 0.717) is 18.5 Å².